The molecule has 2 unspecified atom stereocenters. The molecule has 108 valence electrons. The third kappa shape index (κ3) is 3.18. The summed E-state index contributed by atoms with van der Waals surface area (Å²) >= 11 is 0. The van der Waals surface area contributed by atoms with Gasteiger partial charge < -0.3 is 19.8 Å². The highest BCUT2D eigenvalue weighted by molar-refractivity contribution is 5.77. The van der Waals surface area contributed by atoms with Crippen molar-refractivity contribution in [2.75, 3.05) is 40.3 Å². The highest BCUT2D eigenvalue weighted by Gasteiger charge is 2.34. The number of urea groups is 1. The van der Waals surface area contributed by atoms with Crippen molar-refractivity contribution in [2.24, 2.45) is 5.92 Å². The molecule has 2 aliphatic rings. The van der Waals surface area contributed by atoms with Crippen LogP contribution in [0.25, 0.3) is 0 Å². The van der Waals surface area contributed by atoms with Crippen molar-refractivity contribution in [2.45, 2.75) is 25.3 Å². The Hall–Kier alpha value is -1.30. The first kappa shape index (κ1) is 14.1. The smallest absolute Gasteiger partial charge is 0.320 e. The molecule has 2 rings (SSSR count). The first-order chi connectivity index (χ1) is 8.99. The van der Waals surface area contributed by atoms with Gasteiger partial charge in [-0.3, -0.25) is 4.79 Å². The third-order valence-corrected chi connectivity index (χ3v) is 4.26. The summed E-state index contributed by atoms with van der Waals surface area (Å²) in [5.41, 5.74) is 0. The zero-order valence-electron chi connectivity index (χ0n) is 11.7. The molecular formula is C13H23N3O3. The van der Waals surface area contributed by atoms with Gasteiger partial charge in [-0.2, -0.15) is 0 Å². The minimum absolute atomic E-state index is 0.0240. The molecule has 2 saturated heterocycles. The van der Waals surface area contributed by atoms with Crippen LogP contribution in [0.3, 0.4) is 0 Å². The predicted molar refractivity (Wildman–Crippen MR) is 71.0 cm³/mol. The number of aliphatic carboxylic acids is 1. The number of carboxylic acids is 1. The summed E-state index contributed by atoms with van der Waals surface area (Å²) in [7, 11) is 3.90. The molecule has 0 spiro atoms. The van der Waals surface area contributed by atoms with Gasteiger partial charge in [0.2, 0.25) is 0 Å². The Morgan fingerprint density at radius 2 is 1.95 bits per heavy atom. The average molecular weight is 269 g/mol. The number of carbonyl (C=O) groups excluding carboxylic acids is 1. The molecule has 2 amide bonds. The van der Waals surface area contributed by atoms with Gasteiger partial charge in [0.05, 0.1) is 5.92 Å². The van der Waals surface area contributed by atoms with E-state index in [9.17, 15) is 9.59 Å². The van der Waals surface area contributed by atoms with E-state index in [1.165, 1.54) is 0 Å². The minimum Gasteiger partial charge on any atom is -0.481 e. The fourth-order valence-electron chi connectivity index (χ4n) is 2.97. The number of amides is 2. The van der Waals surface area contributed by atoms with Crippen LogP contribution < -0.4 is 0 Å². The van der Waals surface area contributed by atoms with Gasteiger partial charge in [-0.05, 0) is 32.9 Å². The maximum Gasteiger partial charge on any atom is 0.320 e. The van der Waals surface area contributed by atoms with Crippen LogP contribution in [0.2, 0.25) is 0 Å². The molecule has 6 heteroatoms. The zero-order valence-corrected chi connectivity index (χ0v) is 11.7. The number of hydrogen-bond acceptors (Lipinski definition) is 3. The first-order valence-corrected chi connectivity index (χ1v) is 6.92. The van der Waals surface area contributed by atoms with Gasteiger partial charge in [0, 0.05) is 32.7 Å². The lowest BCUT2D eigenvalue weighted by Gasteiger charge is -2.37. The number of carbonyl (C=O) groups is 2. The van der Waals surface area contributed by atoms with Crippen molar-refractivity contribution in [1.82, 2.24) is 14.7 Å². The molecule has 0 aromatic carbocycles. The van der Waals surface area contributed by atoms with Gasteiger partial charge in [-0.1, -0.05) is 0 Å². The van der Waals surface area contributed by atoms with E-state index in [0.717, 1.165) is 25.9 Å². The Labute approximate surface area is 114 Å². The summed E-state index contributed by atoms with van der Waals surface area (Å²) in [5.74, 6) is -1.19. The van der Waals surface area contributed by atoms with E-state index in [4.69, 9.17) is 5.11 Å². The van der Waals surface area contributed by atoms with Gasteiger partial charge in [0.25, 0.3) is 0 Å². The van der Waals surface area contributed by atoms with E-state index < -0.39 is 11.9 Å². The first-order valence-electron chi connectivity index (χ1n) is 6.92. The summed E-state index contributed by atoms with van der Waals surface area (Å²) < 4.78 is 0. The van der Waals surface area contributed by atoms with Crippen molar-refractivity contribution in [1.29, 1.82) is 0 Å². The largest absolute Gasteiger partial charge is 0.481 e. The second kappa shape index (κ2) is 5.77. The van der Waals surface area contributed by atoms with Crippen LogP contribution in [0.5, 0.6) is 0 Å². The van der Waals surface area contributed by atoms with E-state index in [1.54, 1.807) is 9.80 Å². The van der Waals surface area contributed by atoms with Gasteiger partial charge in [0.1, 0.15) is 0 Å². The topological polar surface area (TPSA) is 64.1 Å². The maximum absolute atomic E-state index is 12.4. The standard InChI is InChI=1S/C13H23N3O3/c1-14-6-3-4-11(9-14)15(2)13(19)16-7-5-10(8-16)12(17)18/h10-11H,3-9H2,1-2H3,(H,17,18). The van der Waals surface area contributed by atoms with Gasteiger partial charge in [-0.15, -0.1) is 0 Å². The third-order valence-electron chi connectivity index (χ3n) is 4.26. The van der Waals surface area contributed by atoms with E-state index in [1.807, 2.05) is 7.05 Å². The Kier molecular flexibility index (Phi) is 4.29. The van der Waals surface area contributed by atoms with E-state index in [0.29, 0.717) is 19.5 Å². The summed E-state index contributed by atoms with van der Waals surface area (Å²) in [6.07, 6.45) is 2.71. The number of likely N-dealkylation sites (tertiary alicyclic amines) is 2. The Balaban J connectivity index is 1.90. The monoisotopic (exact) mass is 269 g/mol. The van der Waals surface area contributed by atoms with Crippen molar-refractivity contribution in [3.63, 3.8) is 0 Å². The number of nitrogens with zero attached hydrogens (tertiary/aromatic N) is 3. The number of piperidine rings is 1. The molecule has 1 N–H and O–H groups in total. The SMILES string of the molecule is CN1CCCC(N(C)C(=O)N2CCC(C(=O)O)C2)C1. The number of rotatable bonds is 2. The molecule has 0 aromatic rings. The summed E-state index contributed by atoms with van der Waals surface area (Å²) in [5, 5.41) is 8.98. The molecule has 2 heterocycles. The molecule has 6 nitrogen and oxygen atoms in total. The molecule has 0 aromatic heterocycles. The molecule has 0 radical (unpaired) electrons. The number of carboxylic acid groups (broad SMARTS) is 1. The Morgan fingerprint density at radius 3 is 2.53 bits per heavy atom. The molecule has 0 aliphatic carbocycles. The van der Waals surface area contributed by atoms with Crippen LogP contribution in [-0.2, 0) is 4.79 Å². The van der Waals surface area contributed by atoms with Crippen LogP contribution in [0.15, 0.2) is 0 Å². The molecule has 0 saturated carbocycles. The molecular weight excluding hydrogens is 246 g/mol. The highest BCUT2D eigenvalue weighted by Crippen LogP contribution is 2.20. The normalized spacial score (nSPS) is 28.4. The molecule has 19 heavy (non-hydrogen) atoms. The summed E-state index contributed by atoms with van der Waals surface area (Å²) in [4.78, 5) is 29.0. The highest BCUT2D eigenvalue weighted by atomic mass is 16.4. The molecule has 2 aliphatic heterocycles. The summed E-state index contributed by atoms with van der Waals surface area (Å²) in [6.45, 7) is 2.89. The Bertz CT molecular complexity index is 361. The fraction of sp³-hybridized carbons (Fsp3) is 0.846. The number of likely N-dealkylation sites (N-methyl/N-ethyl adjacent to an activating group) is 2. The fourth-order valence-corrected chi connectivity index (χ4v) is 2.97. The zero-order chi connectivity index (χ0) is 14.0. The summed E-state index contributed by atoms with van der Waals surface area (Å²) in [6, 6.07) is 0.221. The molecule has 2 atom stereocenters. The lowest BCUT2D eigenvalue weighted by Crippen LogP contribution is -2.51. The van der Waals surface area contributed by atoms with Crippen LogP contribution >= 0.6 is 0 Å². The van der Waals surface area contributed by atoms with Crippen LogP contribution in [0, 0.1) is 5.92 Å². The van der Waals surface area contributed by atoms with Crippen LogP contribution in [0.1, 0.15) is 19.3 Å². The van der Waals surface area contributed by atoms with Crippen molar-refractivity contribution < 1.29 is 14.7 Å². The average Bonchev–Trinajstić information content (AvgIpc) is 2.86. The van der Waals surface area contributed by atoms with Gasteiger partial charge >= 0.3 is 12.0 Å². The van der Waals surface area contributed by atoms with Gasteiger partial charge in [-0.25, -0.2) is 4.79 Å². The van der Waals surface area contributed by atoms with Crippen LogP contribution in [-0.4, -0.2) is 78.1 Å². The van der Waals surface area contributed by atoms with Crippen molar-refractivity contribution >= 4 is 12.0 Å². The van der Waals surface area contributed by atoms with Crippen LogP contribution in [0.4, 0.5) is 4.79 Å². The van der Waals surface area contributed by atoms with Crippen molar-refractivity contribution in [3.8, 4) is 0 Å². The second-order valence-electron chi connectivity index (χ2n) is 5.72. The lowest BCUT2D eigenvalue weighted by atomic mass is 10.1. The Morgan fingerprint density at radius 1 is 1.21 bits per heavy atom. The van der Waals surface area contributed by atoms with Crippen molar-refractivity contribution in [3.05, 3.63) is 0 Å². The second-order valence-corrected chi connectivity index (χ2v) is 5.72. The molecule has 0 bridgehead atoms. The van der Waals surface area contributed by atoms with E-state index in [2.05, 4.69) is 11.9 Å². The van der Waals surface area contributed by atoms with Gasteiger partial charge in [0.15, 0.2) is 0 Å². The van der Waals surface area contributed by atoms with E-state index >= 15 is 0 Å². The predicted octanol–water partition coefficient (Wildman–Crippen LogP) is 0.539. The maximum atomic E-state index is 12.4. The quantitative estimate of drug-likeness (QED) is 0.794. The number of hydrogen-bond donors (Lipinski definition) is 1. The lowest BCUT2D eigenvalue weighted by molar-refractivity contribution is -0.141. The minimum atomic E-state index is -0.796. The van der Waals surface area contributed by atoms with E-state index in [-0.39, 0.29) is 12.1 Å². The molecule has 2 fully saturated rings.